The summed E-state index contributed by atoms with van der Waals surface area (Å²) in [6.45, 7) is 6.73. The Morgan fingerprint density at radius 2 is 1.48 bits per heavy atom. The molecule has 0 saturated heterocycles. The van der Waals surface area contributed by atoms with Gasteiger partial charge in [-0.1, -0.05) is 42.5 Å². The van der Waals surface area contributed by atoms with Gasteiger partial charge in [0.15, 0.2) is 5.41 Å². The first-order valence-electron chi connectivity index (χ1n) is 9.96. The first kappa shape index (κ1) is 24.1. The Kier molecular flexibility index (Phi) is 7.57. The van der Waals surface area contributed by atoms with Gasteiger partial charge >= 0.3 is 17.9 Å². The summed E-state index contributed by atoms with van der Waals surface area (Å²) in [5, 5.41) is 19.4. The molecule has 0 spiro atoms. The van der Waals surface area contributed by atoms with E-state index in [4.69, 9.17) is 9.47 Å². The second-order valence-electron chi connectivity index (χ2n) is 8.23. The van der Waals surface area contributed by atoms with Gasteiger partial charge in [0.1, 0.15) is 0 Å². The van der Waals surface area contributed by atoms with Gasteiger partial charge in [0.25, 0.3) is 0 Å². The van der Waals surface area contributed by atoms with E-state index in [-0.39, 0.29) is 13.0 Å². The first-order valence-corrected chi connectivity index (χ1v) is 9.96. The zero-order valence-corrected chi connectivity index (χ0v) is 18.2. The normalized spacial score (nSPS) is 11.7. The van der Waals surface area contributed by atoms with E-state index in [2.05, 4.69) is 0 Å². The van der Waals surface area contributed by atoms with Crippen LogP contribution in [0.3, 0.4) is 0 Å². The van der Waals surface area contributed by atoms with E-state index in [9.17, 15) is 24.6 Å². The molecule has 7 heteroatoms. The molecular weight excluding hydrogens is 400 g/mol. The number of carboxylic acids is 2. The van der Waals surface area contributed by atoms with E-state index < -0.39 is 35.5 Å². The Labute approximate surface area is 181 Å². The molecule has 2 aromatic carbocycles. The van der Waals surface area contributed by atoms with Gasteiger partial charge < -0.3 is 19.7 Å². The Balaban J connectivity index is 2.35. The molecule has 0 atom stereocenters. The average Bonchev–Trinajstić information content (AvgIpc) is 2.70. The molecule has 7 nitrogen and oxygen atoms in total. The topological polar surface area (TPSA) is 110 Å². The largest absolute Gasteiger partial charge is 0.480 e. The molecule has 0 fully saturated rings. The average molecular weight is 428 g/mol. The fraction of sp³-hybridized carbons (Fsp3) is 0.375. The second-order valence-corrected chi connectivity index (χ2v) is 8.23. The van der Waals surface area contributed by atoms with Gasteiger partial charge in [-0.3, -0.25) is 9.59 Å². The minimum Gasteiger partial charge on any atom is -0.480 e. The number of benzene rings is 2. The third-order valence-corrected chi connectivity index (χ3v) is 4.76. The Bertz CT molecular complexity index is 925. The number of aliphatic carboxylic acids is 2. The molecule has 0 amide bonds. The molecule has 0 heterocycles. The van der Waals surface area contributed by atoms with Crippen LogP contribution in [0, 0.1) is 5.41 Å². The van der Waals surface area contributed by atoms with Crippen LogP contribution in [-0.4, -0.2) is 46.9 Å². The fourth-order valence-corrected chi connectivity index (χ4v) is 3.03. The van der Waals surface area contributed by atoms with Crippen LogP contribution in [0.25, 0.3) is 11.1 Å². The molecule has 0 bridgehead atoms. The van der Waals surface area contributed by atoms with Crippen molar-refractivity contribution in [2.24, 2.45) is 5.41 Å². The number of rotatable bonds is 9. The van der Waals surface area contributed by atoms with Crippen LogP contribution in [0.5, 0.6) is 0 Å². The minimum atomic E-state index is -2.11. The predicted molar refractivity (Wildman–Crippen MR) is 115 cm³/mol. The van der Waals surface area contributed by atoms with E-state index in [1.54, 1.807) is 76.2 Å². The molecule has 0 unspecified atom stereocenters. The third kappa shape index (κ3) is 5.92. The molecule has 166 valence electrons. The lowest BCUT2D eigenvalue weighted by Gasteiger charge is -2.29. The second kappa shape index (κ2) is 9.75. The van der Waals surface area contributed by atoms with Crippen molar-refractivity contribution >= 4 is 17.9 Å². The highest BCUT2D eigenvalue weighted by Crippen LogP contribution is 2.30. The first-order chi connectivity index (χ1) is 14.5. The molecule has 31 heavy (non-hydrogen) atoms. The van der Waals surface area contributed by atoms with Crippen LogP contribution in [-0.2, 0) is 25.5 Å². The number of carbonyl (C=O) groups excluding carboxylic acids is 1. The van der Waals surface area contributed by atoms with Gasteiger partial charge in [0.05, 0.1) is 24.4 Å². The van der Waals surface area contributed by atoms with Gasteiger partial charge in [-0.2, -0.15) is 0 Å². The van der Waals surface area contributed by atoms with Gasteiger partial charge in [-0.25, -0.2) is 4.79 Å². The van der Waals surface area contributed by atoms with E-state index in [1.807, 2.05) is 0 Å². The molecule has 2 rings (SSSR count). The Morgan fingerprint density at radius 3 is 2.00 bits per heavy atom. The minimum absolute atomic E-state index is 0.243. The molecular formula is C24H28O7. The number of carbonyl (C=O) groups is 3. The van der Waals surface area contributed by atoms with Crippen molar-refractivity contribution in [3.8, 4) is 11.1 Å². The van der Waals surface area contributed by atoms with Crippen LogP contribution in [0.4, 0.5) is 0 Å². The van der Waals surface area contributed by atoms with Crippen LogP contribution in [0.1, 0.15) is 43.6 Å². The van der Waals surface area contributed by atoms with Crippen molar-refractivity contribution in [3.63, 3.8) is 0 Å². The fourth-order valence-electron chi connectivity index (χ4n) is 3.03. The lowest BCUT2D eigenvalue weighted by molar-refractivity contribution is -0.173. The summed E-state index contributed by atoms with van der Waals surface area (Å²) in [6.07, 6.45) is -0.243. The number of carboxylic acid groups (broad SMARTS) is 2. The van der Waals surface area contributed by atoms with Gasteiger partial charge in [-0.15, -0.1) is 0 Å². The van der Waals surface area contributed by atoms with E-state index in [1.165, 1.54) is 0 Å². The van der Waals surface area contributed by atoms with Gasteiger partial charge in [-0.05, 0) is 50.5 Å². The highest BCUT2D eigenvalue weighted by Gasteiger charge is 2.48. The quantitative estimate of drug-likeness (QED) is 0.458. The van der Waals surface area contributed by atoms with E-state index in [0.717, 1.165) is 5.56 Å². The maximum absolute atomic E-state index is 12.2. The molecule has 2 aromatic rings. The zero-order chi connectivity index (χ0) is 23.2. The number of hydrogen-bond acceptors (Lipinski definition) is 5. The van der Waals surface area contributed by atoms with E-state index >= 15 is 0 Å². The summed E-state index contributed by atoms with van der Waals surface area (Å²) in [5.74, 6) is -3.35. The molecule has 0 radical (unpaired) electrons. The highest BCUT2D eigenvalue weighted by molar-refractivity contribution is 5.99. The third-order valence-electron chi connectivity index (χ3n) is 4.76. The predicted octanol–water partition coefficient (Wildman–Crippen LogP) is 4.04. The molecule has 0 aliphatic rings. The summed E-state index contributed by atoms with van der Waals surface area (Å²) in [5.41, 5.74) is -0.448. The van der Waals surface area contributed by atoms with Crippen molar-refractivity contribution in [3.05, 3.63) is 59.7 Å². The van der Waals surface area contributed by atoms with Crippen LogP contribution in [0.15, 0.2) is 48.5 Å². The summed E-state index contributed by atoms with van der Waals surface area (Å²) in [4.78, 5) is 36.1. The van der Waals surface area contributed by atoms with Crippen LogP contribution >= 0.6 is 0 Å². The van der Waals surface area contributed by atoms with Crippen molar-refractivity contribution in [1.29, 1.82) is 0 Å². The van der Waals surface area contributed by atoms with Crippen molar-refractivity contribution in [1.82, 2.24) is 0 Å². The highest BCUT2D eigenvalue weighted by atomic mass is 16.5. The maximum Gasteiger partial charge on any atom is 0.338 e. The van der Waals surface area contributed by atoms with E-state index in [0.29, 0.717) is 16.7 Å². The van der Waals surface area contributed by atoms with Crippen molar-refractivity contribution in [2.75, 3.05) is 13.2 Å². The Hall–Kier alpha value is -3.19. The number of ether oxygens (including phenoxy) is 2. The standard InChI is InChI=1S/C24H28O7/c1-5-30-20(25)19-9-7-6-8-18(19)17-12-10-16(11-13-17)14-24(21(26)27,22(28)29)15-31-23(2,3)4/h6-13H,5,14-15H2,1-4H3,(H,26,27)(H,28,29). The summed E-state index contributed by atoms with van der Waals surface area (Å²) in [7, 11) is 0. The zero-order valence-electron chi connectivity index (χ0n) is 18.2. The van der Waals surface area contributed by atoms with Gasteiger partial charge in [0, 0.05) is 6.42 Å². The summed E-state index contributed by atoms with van der Waals surface area (Å²) in [6, 6.07) is 13.8. The van der Waals surface area contributed by atoms with Crippen LogP contribution in [0.2, 0.25) is 0 Å². The molecule has 0 saturated carbocycles. The summed E-state index contributed by atoms with van der Waals surface area (Å²) >= 11 is 0. The van der Waals surface area contributed by atoms with Crippen LogP contribution < -0.4 is 0 Å². The maximum atomic E-state index is 12.2. The molecule has 0 aliphatic carbocycles. The smallest absolute Gasteiger partial charge is 0.338 e. The summed E-state index contributed by atoms with van der Waals surface area (Å²) < 4.78 is 10.6. The van der Waals surface area contributed by atoms with Crippen molar-refractivity contribution < 1.29 is 34.1 Å². The molecule has 0 aromatic heterocycles. The number of esters is 1. The molecule has 0 aliphatic heterocycles. The lowest BCUT2D eigenvalue weighted by atomic mass is 9.81. The van der Waals surface area contributed by atoms with Gasteiger partial charge in [0.2, 0.25) is 0 Å². The SMILES string of the molecule is CCOC(=O)c1ccccc1-c1ccc(CC(COC(C)(C)C)(C(=O)O)C(=O)O)cc1. The Morgan fingerprint density at radius 1 is 0.903 bits per heavy atom. The number of hydrogen-bond donors (Lipinski definition) is 2. The monoisotopic (exact) mass is 428 g/mol. The van der Waals surface area contributed by atoms with Crippen molar-refractivity contribution in [2.45, 2.75) is 39.7 Å². The molecule has 2 N–H and O–H groups in total. The lowest BCUT2D eigenvalue weighted by Crippen LogP contribution is -2.47.